The normalized spacial score (nSPS) is 11.2. The average molecular weight is 222 g/mol. The molecular formula is C12H18N2O2. The van der Waals surface area contributed by atoms with Crippen LogP contribution in [0.15, 0.2) is 18.2 Å². The van der Waals surface area contributed by atoms with Gasteiger partial charge in [0.2, 0.25) is 0 Å². The fraction of sp³-hybridized carbons (Fsp3) is 0.500. The van der Waals surface area contributed by atoms with Crippen molar-refractivity contribution in [2.75, 3.05) is 11.9 Å². The molecule has 0 aliphatic rings. The Bertz CT molecular complexity index is 394. The first-order valence-corrected chi connectivity index (χ1v) is 5.29. The topological polar surface area (TPSA) is 55.2 Å². The molecule has 0 heterocycles. The molecule has 0 amide bonds. The average Bonchev–Trinajstić information content (AvgIpc) is 2.12. The molecule has 4 heteroatoms. The molecule has 0 atom stereocenters. The summed E-state index contributed by atoms with van der Waals surface area (Å²) in [5.74, 6) is 0. The van der Waals surface area contributed by atoms with Crippen LogP contribution in [0.2, 0.25) is 0 Å². The molecular weight excluding hydrogens is 204 g/mol. The number of nitrogens with one attached hydrogen (secondary N) is 1. The Morgan fingerprint density at radius 3 is 2.50 bits per heavy atom. The minimum Gasteiger partial charge on any atom is -0.379 e. The SMILES string of the molecule is Cc1cccc(NCC(C)(C)C)c1[N+](=O)[O-]. The first kappa shape index (κ1) is 12.5. The molecule has 0 aromatic heterocycles. The van der Waals surface area contributed by atoms with Gasteiger partial charge in [0.25, 0.3) is 5.69 Å². The van der Waals surface area contributed by atoms with Crippen molar-refractivity contribution in [2.24, 2.45) is 5.41 Å². The number of para-hydroxylation sites is 1. The predicted octanol–water partition coefficient (Wildman–Crippen LogP) is 3.36. The van der Waals surface area contributed by atoms with E-state index in [0.717, 1.165) is 0 Å². The number of hydrogen-bond acceptors (Lipinski definition) is 3. The van der Waals surface area contributed by atoms with E-state index >= 15 is 0 Å². The van der Waals surface area contributed by atoms with Gasteiger partial charge in [0.05, 0.1) is 4.92 Å². The summed E-state index contributed by atoms with van der Waals surface area (Å²) in [5.41, 5.74) is 1.55. The van der Waals surface area contributed by atoms with Crippen LogP contribution < -0.4 is 5.32 Å². The van der Waals surface area contributed by atoms with Gasteiger partial charge in [0, 0.05) is 12.1 Å². The highest BCUT2D eigenvalue weighted by molar-refractivity contribution is 5.65. The van der Waals surface area contributed by atoms with Crippen LogP contribution in [0.3, 0.4) is 0 Å². The highest BCUT2D eigenvalue weighted by atomic mass is 16.6. The molecule has 1 aromatic carbocycles. The van der Waals surface area contributed by atoms with Crippen molar-refractivity contribution in [3.63, 3.8) is 0 Å². The van der Waals surface area contributed by atoms with E-state index in [1.165, 1.54) is 0 Å². The van der Waals surface area contributed by atoms with Crippen LogP contribution in [-0.4, -0.2) is 11.5 Å². The maximum absolute atomic E-state index is 10.9. The van der Waals surface area contributed by atoms with Crippen molar-refractivity contribution in [3.8, 4) is 0 Å². The van der Waals surface area contributed by atoms with E-state index in [1.54, 1.807) is 19.1 Å². The number of rotatable bonds is 3. The molecule has 0 radical (unpaired) electrons. The van der Waals surface area contributed by atoms with E-state index in [2.05, 4.69) is 26.1 Å². The Balaban J connectivity index is 2.96. The zero-order valence-corrected chi connectivity index (χ0v) is 10.2. The van der Waals surface area contributed by atoms with Crippen LogP contribution >= 0.6 is 0 Å². The van der Waals surface area contributed by atoms with Crippen LogP contribution in [0.1, 0.15) is 26.3 Å². The van der Waals surface area contributed by atoms with Gasteiger partial charge in [-0.25, -0.2) is 0 Å². The third-order valence-corrected chi connectivity index (χ3v) is 2.23. The summed E-state index contributed by atoms with van der Waals surface area (Å²) in [7, 11) is 0. The van der Waals surface area contributed by atoms with E-state index in [0.29, 0.717) is 17.8 Å². The molecule has 1 aromatic rings. The Labute approximate surface area is 95.8 Å². The lowest BCUT2D eigenvalue weighted by Gasteiger charge is -2.19. The smallest absolute Gasteiger partial charge is 0.295 e. The zero-order valence-electron chi connectivity index (χ0n) is 10.2. The summed E-state index contributed by atoms with van der Waals surface area (Å²) in [4.78, 5) is 10.6. The third-order valence-electron chi connectivity index (χ3n) is 2.23. The highest BCUT2D eigenvalue weighted by Crippen LogP contribution is 2.28. The molecule has 0 spiro atoms. The van der Waals surface area contributed by atoms with Crippen LogP contribution in [0.4, 0.5) is 11.4 Å². The number of nitrogens with zero attached hydrogens (tertiary/aromatic N) is 1. The maximum Gasteiger partial charge on any atom is 0.295 e. The van der Waals surface area contributed by atoms with Crippen LogP contribution in [-0.2, 0) is 0 Å². The number of nitro groups is 1. The standard InChI is InChI=1S/C12H18N2O2/c1-9-6-5-7-10(11(9)14(15)16)13-8-12(2,3)4/h5-7,13H,8H2,1-4H3. The zero-order chi connectivity index (χ0) is 12.3. The summed E-state index contributed by atoms with van der Waals surface area (Å²) >= 11 is 0. The van der Waals surface area contributed by atoms with Crippen molar-refractivity contribution in [2.45, 2.75) is 27.7 Å². The largest absolute Gasteiger partial charge is 0.379 e. The van der Waals surface area contributed by atoms with Gasteiger partial charge in [-0.3, -0.25) is 10.1 Å². The molecule has 4 nitrogen and oxygen atoms in total. The summed E-state index contributed by atoms with van der Waals surface area (Å²) in [6.45, 7) is 8.71. The summed E-state index contributed by atoms with van der Waals surface area (Å²) in [6, 6.07) is 5.32. The fourth-order valence-corrected chi connectivity index (χ4v) is 1.40. The van der Waals surface area contributed by atoms with Crippen molar-refractivity contribution in [1.29, 1.82) is 0 Å². The molecule has 0 aliphatic carbocycles. The molecule has 0 aliphatic heterocycles. The summed E-state index contributed by atoms with van der Waals surface area (Å²) in [6.07, 6.45) is 0. The monoisotopic (exact) mass is 222 g/mol. The highest BCUT2D eigenvalue weighted by Gasteiger charge is 2.18. The van der Waals surface area contributed by atoms with Gasteiger partial charge in [-0.15, -0.1) is 0 Å². The van der Waals surface area contributed by atoms with E-state index < -0.39 is 0 Å². The van der Waals surface area contributed by atoms with E-state index in [9.17, 15) is 10.1 Å². The fourth-order valence-electron chi connectivity index (χ4n) is 1.40. The Morgan fingerprint density at radius 1 is 1.38 bits per heavy atom. The second-order valence-electron chi connectivity index (χ2n) is 5.14. The molecule has 1 rings (SSSR count). The summed E-state index contributed by atoms with van der Waals surface area (Å²) in [5, 5.41) is 14.1. The lowest BCUT2D eigenvalue weighted by atomic mass is 9.97. The van der Waals surface area contributed by atoms with Crippen LogP contribution in [0.25, 0.3) is 0 Å². The lowest BCUT2D eigenvalue weighted by Crippen LogP contribution is -2.19. The third kappa shape index (κ3) is 3.22. The molecule has 88 valence electrons. The van der Waals surface area contributed by atoms with Crippen molar-refractivity contribution in [3.05, 3.63) is 33.9 Å². The summed E-state index contributed by atoms with van der Waals surface area (Å²) < 4.78 is 0. The second-order valence-corrected chi connectivity index (χ2v) is 5.14. The molecule has 0 unspecified atom stereocenters. The quantitative estimate of drug-likeness (QED) is 0.630. The van der Waals surface area contributed by atoms with Gasteiger partial charge >= 0.3 is 0 Å². The molecule has 0 saturated carbocycles. The molecule has 1 N–H and O–H groups in total. The molecule has 0 bridgehead atoms. The van der Waals surface area contributed by atoms with Crippen LogP contribution in [0.5, 0.6) is 0 Å². The number of aryl methyl sites for hydroxylation is 1. The van der Waals surface area contributed by atoms with Crippen molar-refractivity contribution >= 4 is 11.4 Å². The first-order chi connectivity index (χ1) is 7.31. The molecule has 0 saturated heterocycles. The van der Waals surface area contributed by atoms with E-state index in [-0.39, 0.29) is 16.0 Å². The first-order valence-electron chi connectivity index (χ1n) is 5.29. The minimum absolute atomic E-state index is 0.0949. The van der Waals surface area contributed by atoms with Gasteiger partial charge < -0.3 is 5.32 Å². The maximum atomic E-state index is 10.9. The Kier molecular flexibility index (Phi) is 3.52. The van der Waals surface area contributed by atoms with Crippen LogP contribution in [0, 0.1) is 22.5 Å². The Morgan fingerprint density at radius 2 is 2.00 bits per heavy atom. The predicted molar refractivity (Wildman–Crippen MR) is 65.8 cm³/mol. The lowest BCUT2D eigenvalue weighted by molar-refractivity contribution is -0.384. The second kappa shape index (κ2) is 4.51. The number of benzene rings is 1. The van der Waals surface area contributed by atoms with Crippen molar-refractivity contribution in [1.82, 2.24) is 0 Å². The Hall–Kier alpha value is -1.58. The number of nitro benzene ring substituents is 1. The van der Waals surface area contributed by atoms with E-state index in [1.807, 2.05) is 6.07 Å². The minimum atomic E-state index is -0.333. The van der Waals surface area contributed by atoms with Gasteiger partial charge in [-0.1, -0.05) is 32.9 Å². The van der Waals surface area contributed by atoms with Gasteiger partial charge in [0.15, 0.2) is 0 Å². The van der Waals surface area contributed by atoms with Gasteiger partial charge in [-0.05, 0) is 18.4 Å². The molecule has 0 fully saturated rings. The number of hydrogen-bond donors (Lipinski definition) is 1. The van der Waals surface area contributed by atoms with Crippen molar-refractivity contribution < 1.29 is 4.92 Å². The van der Waals surface area contributed by atoms with Gasteiger partial charge in [0.1, 0.15) is 5.69 Å². The van der Waals surface area contributed by atoms with Gasteiger partial charge in [-0.2, -0.15) is 0 Å². The number of anilines is 1. The van der Waals surface area contributed by atoms with E-state index in [4.69, 9.17) is 0 Å². The molecule has 16 heavy (non-hydrogen) atoms.